The minimum absolute atomic E-state index is 0.690. The predicted molar refractivity (Wildman–Crippen MR) is 68.0 cm³/mol. The van der Waals surface area contributed by atoms with Crippen LogP contribution in [0.2, 0.25) is 0 Å². The van der Waals surface area contributed by atoms with Gasteiger partial charge in [-0.1, -0.05) is 40.1 Å². The molecule has 0 bridgehead atoms. The van der Waals surface area contributed by atoms with Gasteiger partial charge in [0.15, 0.2) is 0 Å². The Morgan fingerprint density at radius 2 is 2.13 bits per heavy atom. The molecule has 0 aliphatic heterocycles. The molecule has 1 aliphatic carbocycles. The number of aryl methyl sites for hydroxylation is 1. The molecule has 1 aromatic rings. The summed E-state index contributed by atoms with van der Waals surface area (Å²) in [5.41, 5.74) is 0. The normalized spacial score (nSPS) is 17.2. The highest BCUT2D eigenvalue weighted by molar-refractivity contribution is 9.09. The predicted octanol–water partition coefficient (Wildman–Crippen LogP) is 2.99. The van der Waals surface area contributed by atoms with E-state index in [0.717, 1.165) is 22.0 Å². The first-order valence-electron chi connectivity index (χ1n) is 5.44. The number of hydrogen-bond acceptors (Lipinski definition) is 4. The van der Waals surface area contributed by atoms with Crippen molar-refractivity contribution in [2.24, 2.45) is 0 Å². The Morgan fingerprint density at radius 3 is 2.67 bits per heavy atom. The van der Waals surface area contributed by atoms with Gasteiger partial charge in [0.2, 0.25) is 5.13 Å². The molecule has 1 fully saturated rings. The Balaban J connectivity index is 2.11. The van der Waals surface area contributed by atoms with Crippen LogP contribution in [0.25, 0.3) is 0 Å². The minimum Gasteiger partial charge on any atom is -0.343 e. The van der Waals surface area contributed by atoms with Crippen LogP contribution in [0, 0.1) is 6.92 Å². The highest BCUT2D eigenvalue weighted by Gasteiger charge is 2.24. The van der Waals surface area contributed by atoms with E-state index in [1.807, 2.05) is 6.92 Å². The molecule has 5 heteroatoms. The Bertz CT molecular complexity index is 309. The second-order valence-corrected chi connectivity index (χ2v) is 5.88. The number of alkyl halides is 1. The lowest BCUT2D eigenvalue weighted by Gasteiger charge is -2.27. The summed E-state index contributed by atoms with van der Waals surface area (Å²) in [6.07, 6.45) is 5.35. The SMILES string of the molecule is Cc1nnc(N(CCBr)C2CCCC2)s1. The number of halogens is 1. The van der Waals surface area contributed by atoms with Crippen molar-refractivity contribution in [3.05, 3.63) is 5.01 Å². The maximum atomic E-state index is 4.25. The summed E-state index contributed by atoms with van der Waals surface area (Å²) in [5, 5.41) is 11.5. The first-order chi connectivity index (χ1) is 7.31. The number of nitrogens with zero attached hydrogens (tertiary/aromatic N) is 3. The van der Waals surface area contributed by atoms with Gasteiger partial charge < -0.3 is 4.90 Å². The van der Waals surface area contributed by atoms with E-state index in [4.69, 9.17) is 0 Å². The molecule has 0 spiro atoms. The molecule has 0 aromatic carbocycles. The molecule has 1 aromatic heterocycles. The van der Waals surface area contributed by atoms with Crippen molar-refractivity contribution in [2.75, 3.05) is 16.8 Å². The van der Waals surface area contributed by atoms with E-state index in [1.165, 1.54) is 25.7 Å². The number of anilines is 1. The zero-order chi connectivity index (χ0) is 10.7. The fourth-order valence-electron chi connectivity index (χ4n) is 2.14. The molecule has 15 heavy (non-hydrogen) atoms. The van der Waals surface area contributed by atoms with E-state index >= 15 is 0 Å². The van der Waals surface area contributed by atoms with Crippen molar-refractivity contribution >= 4 is 32.4 Å². The third-order valence-electron chi connectivity index (χ3n) is 2.85. The molecule has 0 unspecified atom stereocenters. The van der Waals surface area contributed by atoms with Crippen molar-refractivity contribution in [3.63, 3.8) is 0 Å². The van der Waals surface area contributed by atoms with E-state index < -0.39 is 0 Å². The Morgan fingerprint density at radius 1 is 1.40 bits per heavy atom. The molecule has 0 N–H and O–H groups in total. The first-order valence-corrected chi connectivity index (χ1v) is 7.38. The minimum atomic E-state index is 0.690. The van der Waals surface area contributed by atoms with Gasteiger partial charge >= 0.3 is 0 Å². The molecule has 1 heterocycles. The molecule has 1 aliphatic rings. The van der Waals surface area contributed by atoms with Crippen LogP contribution in [0.15, 0.2) is 0 Å². The van der Waals surface area contributed by atoms with Gasteiger partial charge in [-0.25, -0.2) is 0 Å². The highest BCUT2D eigenvalue weighted by atomic mass is 79.9. The maximum absolute atomic E-state index is 4.25. The molecular formula is C10H16BrN3S. The largest absolute Gasteiger partial charge is 0.343 e. The van der Waals surface area contributed by atoms with Crippen molar-refractivity contribution in [2.45, 2.75) is 38.6 Å². The fourth-order valence-corrected chi connectivity index (χ4v) is 3.31. The standard InChI is InChI=1S/C10H16BrN3S/c1-8-12-13-10(15-8)14(7-6-11)9-4-2-3-5-9/h9H,2-7H2,1H3. The third kappa shape index (κ3) is 2.69. The average molecular weight is 290 g/mol. The van der Waals surface area contributed by atoms with Gasteiger partial charge in [0.25, 0.3) is 0 Å². The average Bonchev–Trinajstić information content (AvgIpc) is 2.85. The number of aromatic nitrogens is 2. The molecule has 0 atom stereocenters. The molecule has 84 valence electrons. The molecule has 0 amide bonds. The smallest absolute Gasteiger partial charge is 0.208 e. The Labute approximate surface area is 103 Å². The van der Waals surface area contributed by atoms with Crippen LogP contribution in [0.5, 0.6) is 0 Å². The van der Waals surface area contributed by atoms with E-state index in [0.29, 0.717) is 6.04 Å². The van der Waals surface area contributed by atoms with E-state index in [-0.39, 0.29) is 0 Å². The summed E-state index contributed by atoms with van der Waals surface area (Å²) in [7, 11) is 0. The molecule has 0 saturated heterocycles. The first kappa shape index (κ1) is 11.3. The lowest BCUT2D eigenvalue weighted by molar-refractivity contribution is 0.618. The lowest BCUT2D eigenvalue weighted by atomic mass is 10.2. The molecule has 3 nitrogen and oxygen atoms in total. The summed E-state index contributed by atoms with van der Waals surface area (Å²) in [5.74, 6) is 0. The second kappa shape index (κ2) is 5.25. The highest BCUT2D eigenvalue weighted by Crippen LogP contribution is 2.29. The van der Waals surface area contributed by atoms with Gasteiger partial charge in [0.05, 0.1) is 0 Å². The Kier molecular flexibility index (Phi) is 3.97. The van der Waals surface area contributed by atoms with Gasteiger partial charge in [-0.15, -0.1) is 10.2 Å². The van der Waals surface area contributed by atoms with Crippen molar-refractivity contribution in [3.8, 4) is 0 Å². The second-order valence-electron chi connectivity index (χ2n) is 3.92. The summed E-state index contributed by atoms with van der Waals surface area (Å²) in [6.45, 7) is 3.06. The van der Waals surface area contributed by atoms with Gasteiger partial charge in [-0.3, -0.25) is 0 Å². The van der Waals surface area contributed by atoms with Gasteiger partial charge in [-0.2, -0.15) is 0 Å². The molecule has 2 rings (SSSR count). The van der Waals surface area contributed by atoms with E-state index in [2.05, 4.69) is 31.0 Å². The maximum Gasteiger partial charge on any atom is 0.208 e. The summed E-state index contributed by atoms with van der Waals surface area (Å²) in [4.78, 5) is 2.42. The zero-order valence-electron chi connectivity index (χ0n) is 8.95. The van der Waals surface area contributed by atoms with Crippen LogP contribution >= 0.6 is 27.3 Å². The number of rotatable bonds is 4. The van der Waals surface area contributed by atoms with Crippen molar-refractivity contribution in [1.29, 1.82) is 0 Å². The molecular weight excluding hydrogens is 274 g/mol. The Hall–Kier alpha value is -0.160. The fraction of sp³-hybridized carbons (Fsp3) is 0.800. The van der Waals surface area contributed by atoms with Crippen LogP contribution < -0.4 is 4.90 Å². The summed E-state index contributed by atoms with van der Waals surface area (Å²) in [6, 6.07) is 0.690. The quantitative estimate of drug-likeness (QED) is 0.798. The topological polar surface area (TPSA) is 29.0 Å². The van der Waals surface area contributed by atoms with Gasteiger partial charge in [0.1, 0.15) is 5.01 Å². The van der Waals surface area contributed by atoms with Crippen LogP contribution in [0.1, 0.15) is 30.7 Å². The van der Waals surface area contributed by atoms with Crippen molar-refractivity contribution < 1.29 is 0 Å². The number of hydrogen-bond donors (Lipinski definition) is 0. The van der Waals surface area contributed by atoms with Gasteiger partial charge in [-0.05, 0) is 19.8 Å². The van der Waals surface area contributed by atoms with E-state index in [1.54, 1.807) is 11.3 Å². The monoisotopic (exact) mass is 289 g/mol. The van der Waals surface area contributed by atoms with E-state index in [9.17, 15) is 0 Å². The lowest BCUT2D eigenvalue weighted by Crippen LogP contribution is -2.34. The molecule has 0 radical (unpaired) electrons. The molecule has 1 saturated carbocycles. The van der Waals surface area contributed by atoms with Crippen LogP contribution in [-0.2, 0) is 0 Å². The van der Waals surface area contributed by atoms with Crippen LogP contribution in [0.3, 0.4) is 0 Å². The van der Waals surface area contributed by atoms with Crippen LogP contribution in [0.4, 0.5) is 5.13 Å². The van der Waals surface area contributed by atoms with Gasteiger partial charge in [0, 0.05) is 17.9 Å². The summed E-state index contributed by atoms with van der Waals surface area (Å²) >= 11 is 5.22. The summed E-state index contributed by atoms with van der Waals surface area (Å²) < 4.78 is 0. The van der Waals surface area contributed by atoms with Crippen molar-refractivity contribution in [1.82, 2.24) is 10.2 Å². The third-order valence-corrected chi connectivity index (χ3v) is 4.08. The van der Waals surface area contributed by atoms with Crippen LogP contribution in [-0.4, -0.2) is 28.1 Å². The zero-order valence-corrected chi connectivity index (χ0v) is 11.4.